The van der Waals surface area contributed by atoms with Crippen molar-refractivity contribution in [2.24, 2.45) is 0 Å². The molecule has 0 saturated carbocycles. The van der Waals surface area contributed by atoms with E-state index in [0.29, 0.717) is 12.5 Å². The van der Waals surface area contributed by atoms with E-state index < -0.39 is 0 Å². The zero-order valence-electron chi connectivity index (χ0n) is 10.7. The van der Waals surface area contributed by atoms with Gasteiger partial charge in [-0.15, -0.1) is 16.4 Å². The number of aliphatic hydroxyl groups is 1. The quantitative estimate of drug-likeness (QED) is 0.866. The van der Waals surface area contributed by atoms with Crippen molar-refractivity contribution in [3.8, 4) is 0 Å². The molecule has 0 fully saturated rings. The molecule has 98 valence electrons. The van der Waals surface area contributed by atoms with Crippen LogP contribution in [0.25, 0.3) is 0 Å². The van der Waals surface area contributed by atoms with Gasteiger partial charge < -0.3 is 5.11 Å². The number of hydrogen-bond donors (Lipinski definition) is 1. The molecule has 2 aromatic rings. The van der Waals surface area contributed by atoms with Gasteiger partial charge in [0.15, 0.2) is 0 Å². The van der Waals surface area contributed by atoms with E-state index in [2.05, 4.69) is 34.5 Å². The SMILES string of the molecule is CC(C)c1nc(Cn2cc(CCCO)nn2)cs1. The maximum Gasteiger partial charge on any atom is 0.0954 e. The first-order valence-electron chi connectivity index (χ1n) is 6.13. The Morgan fingerprint density at radius 2 is 2.22 bits per heavy atom. The molecule has 6 heteroatoms. The van der Waals surface area contributed by atoms with Gasteiger partial charge in [-0.05, 0) is 12.8 Å². The molecule has 0 aliphatic heterocycles. The van der Waals surface area contributed by atoms with E-state index in [9.17, 15) is 0 Å². The zero-order chi connectivity index (χ0) is 13.0. The minimum absolute atomic E-state index is 0.191. The Bertz CT molecular complexity index is 492. The minimum Gasteiger partial charge on any atom is -0.396 e. The predicted octanol–water partition coefficient (Wildman–Crippen LogP) is 1.83. The highest BCUT2D eigenvalue weighted by atomic mass is 32.1. The number of aromatic nitrogens is 4. The van der Waals surface area contributed by atoms with Crippen LogP contribution >= 0.6 is 11.3 Å². The lowest BCUT2D eigenvalue weighted by atomic mass is 10.2. The van der Waals surface area contributed by atoms with Crippen LogP contribution in [0.5, 0.6) is 0 Å². The second kappa shape index (κ2) is 6.06. The third kappa shape index (κ3) is 3.36. The first-order valence-corrected chi connectivity index (χ1v) is 7.01. The van der Waals surface area contributed by atoms with Crippen molar-refractivity contribution in [2.45, 2.75) is 39.2 Å². The summed E-state index contributed by atoms with van der Waals surface area (Å²) < 4.78 is 1.80. The van der Waals surface area contributed by atoms with Gasteiger partial charge in [0, 0.05) is 24.1 Å². The average molecular weight is 266 g/mol. The molecule has 0 saturated heterocycles. The van der Waals surface area contributed by atoms with Crippen LogP contribution in [0.1, 0.15) is 42.6 Å². The van der Waals surface area contributed by atoms with E-state index in [1.54, 1.807) is 16.0 Å². The van der Waals surface area contributed by atoms with Crippen LogP contribution in [0.4, 0.5) is 0 Å². The lowest BCUT2D eigenvalue weighted by Crippen LogP contribution is -2.01. The van der Waals surface area contributed by atoms with Crippen LogP contribution in [0.15, 0.2) is 11.6 Å². The molecule has 0 aromatic carbocycles. The van der Waals surface area contributed by atoms with Gasteiger partial charge in [-0.1, -0.05) is 19.1 Å². The van der Waals surface area contributed by atoms with Crippen molar-refractivity contribution in [2.75, 3.05) is 6.61 Å². The highest BCUT2D eigenvalue weighted by molar-refractivity contribution is 7.09. The van der Waals surface area contributed by atoms with Gasteiger partial charge in [-0.3, -0.25) is 0 Å². The molecule has 2 rings (SSSR count). The summed E-state index contributed by atoms with van der Waals surface area (Å²) in [6.45, 7) is 5.14. The first kappa shape index (κ1) is 13.2. The second-order valence-electron chi connectivity index (χ2n) is 4.57. The van der Waals surface area contributed by atoms with E-state index in [0.717, 1.165) is 29.2 Å². The van der Waals surface area contributed by atoms with E-state index in [1.807, 2.05) is 6.20 Å². The highest BCUT2D eigenvalue weighted by Gasteiger charge is 2.07. The molecule has 5 nitrogen and oxygen atoms in total. The predicted molar refractivity (Wildman–Crippen MR) is 70.7 cm³/mol. The van der Waals surface area contributed by atoms with Gasteiger partial charge >= 0.3 is 0 Å². The molecule has 0 bridgehead atoms. The lowest BCUT2D eigenvalue weighted by molar-refractivity contribution is 0.288. The number of aliphatic hydroxyl groups excluding tert-OH is 1. The summed E-state index contributed by atoms with van der Waals surface area (Å²) >= 11 is 1.69. The van der Waals surface area contributed by atoms with Crippen molar-refractivity contribution in [1.82, 2.24) is 20.0 Å². The molecular weight excluding hydrogens is 248 g/mol. The first-order chi connectivity index (χ1) is 8.69. The van der Waals surface area contributed by atoms with Gasteiger partial charge in [0.2, 0.25) is 0 Å². The maximum absolute atomic E-state index is 8.76. The normalized spacial score (nSPS) is 11.3. The third-order valence-corrected chi connectivity index (χ3v) is 3.76. The highest BCUT2D eigenvalue weighted by Crippen LogP contribution is 2.19. The molecule has 18 heavy (non-hydrogen) atoms. The van der Waals surface area contributed by atoms with E-state index in [-0.39, 0.29) is 6.61 Å². The van der Waals surface area contributed by atoms with E-state index in [1.165, 1.54) is 0 Å². The Hall–Kier alpha value is -1.27. The number of hydrogen-bond acceptors (Lipinski definition) is 5. The Labute approximate surface area is 110 Å². The van der Waals surface area contributed by atoms with Crippen molar-refractivity contribution in [3.63, 3.8) is 0 Å². The van der Waals surface area contributed by atoms with Gasteiger partial charge in [0.05, 0.1) is 22.9 Å². The van der Waals surface area contributed by atoms with Crippen LogP contribution in [-0.4, -0.2) is 31.7 Å². The van der Waals surface area contributed by atoms with E-state index in [4.69, 9.17) is 5.11 Å². The van der Waals surface area contributed by atoms with Crippen molar-refractivity contribution in [1.29, 1.82) is 0 Å². The average Bonchev–Trinajstić information content (AvgIpc) is 2.96. The molecule has 0 unspecified atom stereocenters. The van der Waals surface area contributed by atoms with Crippen LogP contribution in [0.3, 0.4) is 0 Å². The van der Waals surface area contributed by atoms with Crippen LogP contribution < -0.4 is 0 Å². The summed E-state index contributed by atoms with van der Waals surface area (Å²) in [5.41, 5.74) is 1.95. The molecule has 0 spiro atoms. The number of nitrogens with zero attached hydrogens (tertiary/aromatic N) is 4. The number of rotatable bonds is 6. The van der Waals surface area contributed by atoms with Gasteiger partial charge in [0.1, 0.15) is 0 Å². The summed E-state index contributed by atoms with van der Waals surface area (Å²) in [6, 6.07) is 0. The molecule has 2 heterocycles. The van der Waals surface area contributed by atoms with Gasteiger partial charge in [-0.25, -0.2) is 9.67 Å². The smallest absolute Gasteiger partial charge is 0.0954 e. The summed E-state index contributed by atoms with van der Waals surface area (Å²) in [4.78, 5) is 4.57. The van der Waals surface area contributed by atoms with E-state index >= 15 is 0 Å². The zero-order valence-corrected chi connectivity index (χ0v) is 11.5. The van der Waals surface area contributed by atoms with Gasteiger partial charge in [-0.2, -0.15) is 0 Å². The molecular formula is C12H18N4OS. The van der Waals surface area contributed by atoms with Crippen molar-refractivity contribution < 1.29 is 5.11 Å². The molecule has 0 amide bonds. The molecule has 0 atom stereocenters. The fraction of sp³-hybridized carbons (Fsp3) is 0.583. The summed E-state index contributed by atoms with van der Waals surface area (Å²) in [7, 11) is 0. The van der Waals surface area contributed by atoms with Crippen LogP contribution in [-0.2, 0) is 13.0 Å². The molecule has 0 aliphatic rings. The second-order valence-corrected chi connectivity index (χ2v) is 5.46. The third-order valence-electron chi connectivity index (χ3n) is 2.56. The summed E-state index contributed by atoms with van der Waals surface area (Å²) in [6.07, 6.45) is 3.42. The summed E-state index contributed by atoms with van der Waals surface area (Å²) in [5.74, 6) is 0.472. The Morgan fingerprint density at radius 3 is 2.89 bits per heavy atom. The minimum atomic E-state index is 0.191. The monoisotopic (exact) mass is 266 g/mol. The van der Waals surface area contributed by atoms with Crippen molar-refractivity contribution in [3.05, 3.63) is 28.0 Å². The van der Waals surface area contributed by atoms with Crippen LogP contribution in [0.2, 0.25) is 0 Å². The Kier molecular flexibility index (Phi) is 4.43. The molecule has 0 aliphatic carbocycles. The molecule has 0 radical (unpaired) electrons. The standard InChI is InChI=1S/C12H18N4OS/c1-9(2)12-13-11(8-18-12)7-16-6-10(14-15-16)4-3-5-17/h6,8-9,17H,3-5,7H2,1-2H3. The topological polar surface area (TPSA) is 63.8 Å². The Morgan fingerprint density at radius 1 is 1.39 bits per heavy atom. The lowest BCUT2D eigenvalue weighted by Gasteiger charge is -1.97. The number of thiazole rings is 1. The van der Waals surface area contributed by atoms with Crippen molar-refractivity contribution >= 4 is 11.3 Å². The maximum atomic E-state index is 8.76. The number of aryl methyl sites for hydroxylation is 1. The van der Waals surface area contributed by atoms with Gasteiger partial charge in [0.25, 0.3) is 0 Å². The fourth-order valence-corrected chi connectivity index (χ4v) is 2.44. The largest absolute Gasteiger partial charge is 0.396 e. The summed E-state index contributed by atoms with van der Waals surface area (Å²) in [5, 5.41) is 20.1. The molecule has 1 N–H and O–H groups in total. The Balaban J connectivity index is 1.97. The van der Waals surface area contributed by atoms with Crippen LogP contribution in [0, 0.1) is 0 Å². The fourth-order valence-electron chi connectivity index (χ4n) is 1.62. The molecule has 2 aromatic heterocycles.